The molecule has 0 N–H and O–H groups in total. The summed E-state index contributed by atoms with van der Waals surface area (Å²) in [6, 6.07) is 9.64. The Kier molecular flexibility index (Phi) is 5.56. The first-order valence-corrected chi connectivity index (χ1v) is 9.21. The third-order valence-corrected chi connectivity index (χ3v) is 5.36. The highest BCUT2D eigenvalue weighted by Crippen LogP contribution is 2.30. The first-order chi connectivity index (χ1) is 12.2. The zero-order valence-electron chi connectivity index (χ0n) is 14.6. The van der Waals surface area contributed by atoms with E-state index < -0.39 is 0 Å². The minimum Gasteiger partial charge on any atom is -0.369 e. The maximum atomic E-state index is 12.8. The first-order valence-electron chi connectivity index (χ1n) is 9.21. The molecule has 2 aliphatic heterocycles. The lowest BCUT2D eigenvalue weighted by atomic mass is 9.93. The lowest BCUT2D eigenvalue weighted by Crippen LogP contribution is -2.43. The van der Waals surface area contributed by atoms with Crippen LogP contribution in [0.1, 0.15) is 49.7 Å². The summed E-state index contributed by atoms with van der Waals surface area (Å²) in [6.07, 6.45) is 6.27. The predicted octanol–water partition coefficient (Wildman–Crippen LogP) is 3.05. The zero-order chi connectivity index (χ0) is 17.6. The Morgan fingerprint density at radius 3 is 2.00 bits per heavy atom. The molecule has 1 amide bonds. The molecule has 0 spiro atoms. The van der Waals surface area contributed by atoms with Crippen molar-refractivity contribution in [1.29, 1.82) is 10.5 Å². The van der Waals surface area contributed by atoms with E-state index in [4.69, 9.17) is 0 Å². The van der Waals surface area contributed by atoms with Gasteiger partial charge in [-0.2, -0.15) is 10.5 Å². The molecule has 0 bridgehead atoms. The molecule has 0 unspecified atom stereocenters. The number of hydrogen-bond acceptors (Lipinski definition) is 4. The Hall–Kier alpha value is -2.53. The molecule has 1 aromatic carbocycles. The maximum Gasteiger partial charge on any atom is 0.225 e. The van der Waals surface area contributed by atoms with Gasteiger partial charge in [-0.15, -0.1) is 0 Å². The van der Waals surface area contributed by atoms with Crippen molar-refractivity contribution in [3.8, 4) is 12.1 Å². The minimum absolute atomic E-state index is 0.0779. The highest BCUT2D eigenvalue weighted by Gasteiger charge is 2.30. The van der Waals surface area contributed by atoms with E-state index in [0.717, 1.165) is 57.5 Å². The molecular formula is C20H24N4O. The number of anilines is 1. The molecule has 0 saturated carbocycles. The van der Waals surface area contributed by atoms with E-state index in [1.807, 2.05) is 0 Å². The number of hydrogen-bond donors (Lipinski definition) is 0. The van der Waals surface area contributed by atoms with Crippen molar-refractivity contribution in [3.63, 3.8) is 0 Å². The molecule has 5 heteroatoms. The smallest absolute Gasteiger partial charge is 0.225 e. The van der Waals surface area contributed by atoms with E-state index in [0.29, 0.717) is 17.0 Å². The standard InChI is InChI=1S/C20H24N4O/c21-14-17-6-5-7-18(15-22)19(17)23-12-8-16(9-13-23)20(25)24-10-3-1-2-4-11-24/h5-7,16H,1-4,8-13H2. The lowest BCUT2D eigenvalue weighted by molar-refractivity contribution is -0.136. The van der Waals surface area contributed by atoms with Crippen LogP contribution in [0.3, 0.4) is 0 Å². The van der Waals surface area contributed by atoms with Crippen molar-refractivity contribution in [2.75, 3.05) is 31.1 Å². The summed E-state index contributed by atoms with van der Waals surface area (Å²) >= 11 is 0. The number of carbonyl (C=O) groups excluding carboxylic acids is 1. The summed E-state index contributed by atoms with van der Waals surface area (Å²) in [6.45, 7) is 3.24. The van der Waals surface area contributed by atoms with Crippen LogP contribution in [0.4, 0.5) is 5.69 Å². The van der Waals surface area contributed by atoms with Gasteiger partial charge in [0, 0.05) is 32.1 Å². The number of piperidine rings is 1. The van der Waals surface area contributed by atoms with Gasteiger partial charge in [0.2, 0.25) is 5.91 Å². The van der Waals surface area contributed by atoms with E-state index in [-0.39, 0.29) is 5.92 Å². The van der Waals surface area contributed by atoms with Gasteiger partial charge in [-0.3, -0.25) is 4.79 Å². The van der Waals surface area contributed by atoms with Crippen LogP contribution in [0.2, 0.25) is 0 Å². The number of carbonyl (C=O) groups is 1. The van der Waals surface area contributed by atoms with Crippen molar-refractivity contribution in [2.45, 2.75) is 38.5 Å². The van der Waals surface area contributed by atoms with Crippen LogP contribution in [0.25, 0.3) is 0 Å². The van der Waals surface area contributed by atoms with Crippen LogP contribution >= 0.6 is 0 Å². The molecule has 2 fully saturated rings. The van der Waals surface area contributed by atoms with Crippen LogP contribution < -0.4 is 4.90 Å². The Labute approximate surface area is 149 Å². The topological polar surface area (TPSA) is 71.1 Å². The van der Waals surface area contributed by atoms with Gasteiger partial charge in [0.05, 0.1) is 16.8 Å². The molecule has 0 radical (unpaired) electrons. The minimum atomic E-state index is 0.0779. The normalized spacial score (nSPS) is 19.0. The fourth-order valence-electron chi connectivity index (χ4n) is 3.96. The predicted molar refractivity (Wildman–Crippen MR) is 95.9 cm³/mol. The van der Waals surface area contributed by atoms with E-state index >= 15 is 0 Å². The number of para-hydroxylation sites is 1. The molecule has 130 valence electrons. The molecule has 5 nitrogen and oxygen atoms in total. The van der Waals surface area contributed by atoms with Crippen LogP contribution in [0.5, 0.6) is 0 Å². The fourth-order valence-corrected chi connectivity index (χ4v) is 3.96. The van der Waals surface area contributed by atoms with Crippen LogP contribution in [0.15, 0.2) is 18.2 Å². The second-order valence-corrected chi connectivity index (χ2v) is 6.93. The number of nitriles is 2. The maximum absolute atomic E-state index is 12.8. The number of amides is 1. The van der Waals surface area contributed by atoms with E-state index in [1.165, 1.54) is 12.8 Å². The molecule has 2 saturated heterocycles. The van der Waals surface area contributed by atoms with Crippen LogP contribution in [0, 0.1) is 28.6 Å². The largest absolute Gasteiger partial charge is 0.369 e. The second kappa shape index (κ2) is 8.03. The second-order valence-electron chi connectivity index (χ2n) is 6.93. The highest BCUT2D eigenvalue weighted by molar-refractivity contribution is 5.79. The van der Waals surface area contributed by atoms with Gasteiger partial charge in [-0.25, -0.2) is 0 Å². The molecule has 0 aliphatic carbocycles. The van der Waals surface area contributed by atoms with Crippen LogP contribution in [-0.4, -0.2) is 37.0 Å². The Bertz CT molecular complexity index is 667. The Morgan fingerprint density at radius 1 is 0.920 bits per heavy atom. The average Bonchev–Trinajstić information content (AvgIpc) is 2.96. The summed E-state index contributed by atoms with van der Waals surface area (Å²) < 4.78 is 0. The summed E-state index contributed by atoms with van der Waals surface area (Å²) in [4.78, 5) is 17.0. The van der Waals surface area contributed by atoms with E-state index in [9.17, 15) is 15.3 Å². The third-order valence-electron chi connectivity index (χ3n) is 5.36. The molecule has 0 aromatic heterocycles. The summed E-state index contributed by atoms with van der Waals surface area (Å²) in [5.41, 5.74) is 1.81. The molecule has 2 heterocycles. The molecule has 0 atom stereocenters. The van der Waals surface area contributed by atoms with Gasteiger partial charge in [0.15, 0.2) is 0 Å². The van der Waals surface area contributed by atoms with Crippen molar-refractivity contribution in [1.82, 2.24) is 4.90 Å². The molecule has 25 heavy (non-hydrogen) atoms. The third kappa shape index (κ3) is 3.77. The molecule has 1 aromatic rings. The van der Waals surface area contributed by atoms with Crippen LogP contribution in [-0.2, 0) is 4.79 Å². The first kappa shape index (κ1) is 17.3. The van der Waals surface area contributed by atoms with Gasteiger partial charge in [0.1, 0.15) is 12.1 Å². The van der Waals surface area contributed by atoms with Gasteiger partial charge >= 0.3 is 0 Å². The molecule has 2 aliphatic rings. The van der Waals surface area contributed by atoms with Gasteiger partial charge in [-0.05, 0) is 37.8 Å². The SMILES string of the molecule is N#Cc1cccc(C#N)c1N1CCC(C(=O)N2CCCCCC2)CC1. The van der Waals surface area contributed by atoms with Crippen molar-refractivity contribution < 1.29 is 4.79 Å². The summed E-state index contributed by atoms with van der Waals surface area (Å²) in [5, 5.41) is 18.7. The van der Waals surface area contributed by atoms with E-state index in [2.05, 4.69) is 21.9 Å². The lowest BCUT2D eigenvalue weighted by Gasteiger charge is -2.36. The van der Waals surface area contributed by atoms with Crippen molar-refractivity contribution in [3.05, 3.63) is 29.3 Å². The molecular weight excluding hydrogens is 312 g/mol. The highest BCUT2D eigenvalue weighted by atomic mass is 16.2. The van der Waals surface area contributed by atoms with Gasteiger partial charge in [0.25, 0.3) is 0 Å². The van der Waals surface area contributed by atoms with E-state index in [1.54, 1.807) is 18.2 Å². The van der Waals surface area contributed by atoms with Gasteiger partial charge in [-0.1, -0.05) is 18.9 Å². The van der Waals surface area contributed by atoms with Crippen molar-refractivity contribution >= 4 is 11.6 Å². The van der Waals surface area contributed by atoms with Crippen molar-refractivity contribution in [2.24, 2.45) is 5.92 Å². The number of rotatable bonds is 2. The number of likely N-dealkylation sites (tertiary alicyclic amines) is 1. The quantitative estimate of drug-likeness (QED) is 0.832. The number of benzene rings is 1. The van der Waals surface area contributed by atoms with Gasteiger partial charge < -0.3 is 9.80 Å². The summed E-state index contributed by atoms with van der Waals surface area (Å²) in [5.74, 6) is 0.379. The Morgan fingerprint density at radius 2 is 1.48 bits per heavy atom. The zero-order valence-corrected chi connectivity index (χ0v) is 14.6. The number of nitrogens with zero attached hydrogens (tertiary/aromatic N) is 4. The molecule has 3 rings (SSSR count). The monoisotopic (exact) mass is 336 g/mol. The Balaban J connectivity index is 1.67. The summed E-state index contributed by atoms with van der Waals surface area (Å²) in [7, 11) is 0. The fraction of sp³-hybridized carbons (Fsp3) is 0.550. The average molecular weight is 336 g/mol.